The number of alkyl halides is 1. The Morgan fingerprint density at radius 2 is 2.14 bits per heavy atom. The standard InChI is InChI=1S/C12H18FN/c13-12(6-8-14-9-7-12)10-11-4-2-1-3-5-11/h1-2,4,14H,3,5-10H2. The van der Waals surface area contributed by atoms with E-state index in [4.69, 9.17) is 0 Å². The largest absolute Gasteiger partial charge is 0.316 e. The molecule has 0 bridgehead atoms. The minimum atomic E-state index is -0.928. The fourth-order valence-electron chi connectivity index (χ4n) is 2.26. The quantitative estimate of drug-likeness (QED) is 0.714. The summed E-state index contributed by atoms with van der Waals surface area (Å²) in [5, 5.41) is 3.20. The number of allylic oxidation sites excluding steroid dienone is 4. The van der Waals surface area contributed by atoms with Crippen molar-refractivity contribution in [3.05, 3.63) is 23.8 Å². The Bertz CT molecular complexity index is 249. The molecule has 78 valence electrons. The van der Waals surface area contributed by atoms with Crippen LogP contribution in [-0.4, -0.2) is 18.8 Å². The lowest BCUT2D eigenvalue weighted by molar-refractivity contribution is 0.115. The third-order valence-electron chi connectivity index (χ3n) is 3.14. The van der Waals surface area contributed by atoms with Crippen LogP contribution >= 0.6 is 0 Å². The van der Waals surface area contributed by atoms with E-state index in [-0.39, 0.29) is 0 Å². The van der Waals surface area contributed by atoms with Crippen molar-refractivity contribution in [1.29, 1.82) is 0 Å². The third-order valence-corrected chi connectivity index (χ3v) is 3.14. The van der Waals surface area contributed by atoms with Crippen LogP contribution in [0.25, 0.3) is 0 Å². The smallest absolute Gasteiger partial charge is 0.117 e. The molecule has 0 aromatic carbocycles. The first-order valence-corrected chi connectivity index (χ1v) is 5.53. The molecule has 2 heteroatoms. The zero-order valence-corrected chi connectivity index (χ0v) is 8.56. The van der Waals surface area contributed by atoms with Crippen LogP contribution < -0.4 is 5.32 Å². The highest BCUT2D eigenvalue weighted by Gasteiger charge is 2.32. The molecule has 0 unspecified atom stereocenters. The van der Waals surface area contributed by atoms with Crippen LogP contribution in [0.3, 0.4) is 0 Å². The molecule has 1 aliphatic heterocycles. The van der Waals surface area contributed by atoms with Gasteiger partial charge in [0.1, 0.15) is 5.67 Å². The molecule has 1 heterocycles. The van der Waals surface area contributed by atoms with Gasteiger partial charge in [-0.25, -0.2) is 4.39 Å². The fraction of sp³-hybridized carbons (Fsp3) is 0.667. The molecule has 14 heavy (non-hydrogen) atoms. The summed E-state index contributed by atoms with van der Waals surface area (Å²) in [5.41, 5.74) is 0.360. The molecule has 1 N–H and O–H groups in total. The van der Waals surface area contributed by atoms with E-state index in [0.717, 1.165) is 25.9 Å². The number of rotatable bonds is 2. The lowest BCUT2D eigenvalue weighted by Crippen LogP contribution is -2.38. The van der Waals surface area contributed by atoms with Crippen molar-refractivity contribution in [2.75, 3.05) is 13.1 Å². The van der Waals surface area contributed by atoms with Gasteiger partial charge in [-0.15, -0.1) is 0 Å². The highest BCUT2D eigenvalue weighted by Crippen LogP contribution is 2.32. The fourth-order valence-corrected chi connectivity index (χ4v) is 2.26. The summed E-state index contributed by atoms with van der Waals surface area (Å²) in [7, 11) is 0. The highest BCUT2D eigenvalue weighted by atomic mass is 19.1. The van der Waals surface area contributed by atoms with Crippen molar-refractivity contribution < 1.29 is 4.39 Å². The predicted octanol–water partition coefficient (Wildman–Crippen LogP) is 2.74. The molecule has 0 aromatic heterocycles. The maximum Gasteiger partial charge on any atom is 0.117 e. The van der Waals surface area contributed by atoms with E-state index in [2.05, 4.69) is 23.5 Å². The molecule has 0 radical (unpaired) electrons. The summed E-state index contributed by atoms with van der Waals surface area (Å²) < 4.78 is 14.3. The van der Waals surface area contributed by atoms with Gasteiger partial charge in [0.05, 0.1) is 0 Å². The summed E-state index contributed by atoms with van der Waals surface area (Å²) in [6, 6.07) is 0. The number of halogens is 1. The van der Waals surface area contributed by atoms with E-state index in [0.29, 0.717) is 19.3 Å². The molecule has 2 rings (SSSR count). The maximum absolute atomic E-state index is 14.3. The van der Waals surface area contributed by atoms with Crippen molar-refractivity contribution in [1.82, 2.24) is 5.32 Å². The van der Waals surface area contributed by atoms with E-state index in [1.165, 1.54) is 5.57 Å². The SMILES string of the molecule is FC1(CC2=CC=CCC2)CCNCC1. The predicted molar refractivity (Wildman–Crippen MR) is 57.0 cm³/mol. The molecule has 0 atom stereocenters. The molecule has 1 aliphatic carbocycles. The lowest BCUT2D eigenvalue weighted by Gasteiger charge is -2.31. The van der Waals surface area contributed by atoms with Crippen LogP contribution in [0.4, 0.5) is 4.39 Å². The number of piperidine rings is 1. The van der Waals surface area contributed by atoms with E-state index in [1.54, 1.807) is 0 Å². The number of hydrogen-bond donors (Lipinski definition) is 1. The van der Waals surface area contributed by atoms with Crippen LogP contribution in [0, 0.1) is 0 Å². The van der Waals surface area contributed by atoms with Gasteiger partial charge in [0, 0.05) is 6.42 Å². The zero-order chi connectivity index (χ0) is 9.86. The van der Waals surface area contributed by atoms with Crippen LogP contribution in [0.5, 0.6) is 0 Å². The Hall–Kier alpha value is -0.630. The number of hydrogen-bond acceptors (Lipinski definition) is 1. The molecule has 0 spiro atoms. The molecule has 1 fully saturated rings. The highest BCUT2D eigenvalue weighted by molar-refractivity contribution is 5.19. The second-order valence-corrected chi connectivity index (χ2v) is 4.37. The minimum Gasteiger partial charge on any atom is -0.316 e. The first kappa shape index (κ1) is 9.91. The van der Waals surface area contributed by atoms with Crippen LogP contribution in [-0.2, 0) is 0 Å². The molecule has 2 aliphatic rings. The van der Waals surface area contributed by atoms with Crippen LogP contribution in [0.1, 0.15) is 32.1 Å². The van der Waals surface area contributed by atoms with Crippen molar-refractivity contribution >= 4 is 0 Å². The summed E-state index contributed by atoms with van der Waals surface area (Å²) >= 11 is 0. The van der Waals surface area contributed by atoms with Gasteiger partial charge in [0.25, 0.3) is 0 Å². The normalized spacial score (nSPS) is 25.9. The molecule has 0 amide bonds. The summed E-state index contributed by atoms with van der Waals surface area (Å²) in [5.74, 6) is 0. The summed E-state index contributed by atoms with van der Waals surface area (Å²) in [4.78, 5) is 0. The molecule has 1 saturated heterocycles. The molecule has 0 saturated carbocycles. The second kappa shape index (κ2) is 4.26. The van der Waals surface area contributed by atoms with Crippen LogP contribution in [0.2, 0.25) is 0 Å². The summed E-state index contributed by atoms with van der Waals surface area (Å²) in [6.45, 7) is 1.67. The van der Waals surface area contributed by atoms with E-state index < -0.39 is 5.67 Å². The van der Waals surface area contributed by atoms with Crippen LogP contribution in [0.15, 0.2) is 23.8 Å². The minimum absolute atomic E-state index is 0.652. The van der Waals surface area contributed by atoms with Gasteiger partial charge in [-0.2, -0.15) is 0 Å². The molecule has 1 nitrogen and oxygen atoms in total. The van der Waals surface area contributed by atoms with E-state index in [9.17, 15) is 4.39 Å². The van der Waals surface area contributed by atoms with Crippen molar-refractivity contribution in [3.63, 3.8) is 0 Å². The first-order valence-electron chi connectivity index (χ1n) is 5.53. The number of nitrogens with one attached hydrogen (secondary N) is 1. The third kappa shape index (κ3) is 2.44. The molecular formula is C12H18FN. The average molecular weight is 195 g/mol. The van der Waals surface area contributed by atoms with Gasteiger partial charge < -0.3 is 5.32 Å². The van der Waals surface area contributed by atoms with Crippen molar-refractivity contribution in [2.24, 2.45) is 0 Å². The zero-order valence-electron chi connectivity index (χ0n) is 8.56. The Balaban J connectivity index is 1.94. The van der Waals surface area contributed by atoms with Gasteiger partial charge >= 0.3 is 0 Å². The van der Waals surface area contributed by atoms with Crippen molar-refractivity contribution in [3.8, 4) is 0 Å². The Kier molecular flexibility index (Phi) is 3.02. The van der Waals surface area contributed by atoms with Gasteiger partial charge in [-0.1, -0.05) is 23.8 Å². The second-order valence-electron chi connectivity index (χ2n) is 4.37. The van der Waals surface area contributed by atoms with E-state index >= 15 is 0 Å². The topological polar surface area (TPSA) is 12.0 Å². The van der Waals surface area contributed by atoms with Gasteiger partial charge in [0.2, 0.25) is 0 Å². The maximum atomic E-state index is 14.3. The monoisotopic (exact) mass is 195 g/mol. The Morgan fingerprint density at radius 3 is 2.79 bits per heavy atom. The van der Waals surface area contributed by atoms with Gasteiger partial charge in [0.15, 0.2) is 0 Å². The molecular weight excluding hydrogens is 177 g/mol. The average Bonchev–Trinajstić information content (AvgIpc) is 2.19. The van der Waals surface area contributed by atoms with Gasteiger partial charge in [-0.05, 0) is 38.8 Å². The Morgan fingerprint density at radius 1 is 1.36 bits per heavy atom. The molecule has 0 aromatic rings. The first-order chi connectivity index (χ1) is 6.79. The van der Waals surface area contributed by atoms with E-state index in [1.807, 2.05) is 0 Å². The van der Waals surface area contributed by atoms with Gasteiger partial charge in [-0.3, -0.25) is 0 Å². The lowest BCUT2D eigenvalue weighted by atomic mass is 9.85. The summed E-state index contributed by atoms with van der Waals surface area (Å²) in [6.07, 6.45) is 10.4. The Labute approximate surface area is 85.1 Å². The van der Waals surface area contributed by atoms with Crippen molar-refractivity contribution in [2.45, 2.75) is 37.8 Å².